The number of carboxylic acid groups (broad SMARTS) is 1. The molecule has 0 aromatic heterocycles. The van der Waals surface area contributed by atoms with Crippen LogP contribution in [-0.4, -0.2) is 30.6 Å². The lowest BCUT2D eigenvalue weighted by Gasteiger charge is -2.14. The minimum absolute atomic E-state index is 0.0539. The van der Waals surface area contributed by atoms with Crippen molar-refractivity contribution in [1.82, 2.24) is 5.32 Å². The van der Waals surface area contributed by atoms with Crippen LogP contribution >= 0.6 is 0 Å². The lowest BCUT2D eigenvalue weighted by Crippen LogP contribution is -2.24. The number of hydrogen-bond acceptors (Lipinski definition) is 5. The van der Waals surface area contributed by atoms with Crippen LogP contribution in [0.15, 0.2) is 66.7 Å². The van der Waals surface area contributed by atoms with Crippen LogP contribution in [0.2, 0.25) is 0 Å². The summed E-state index contributed by atoms with van der Waals surface area (Å²) in [5.74, 6) is -1.48. The number of alkyl carbamates (subject to hydrolysis) is 1. The van der Waals surface area contributed by atoms with Gasteiger partial charge in [0.1, 0.15) is 18.1 Å². The van der Waals surface area contributed by atoms with Crippen molar-refractivity contribution in [3.05, 3.63) is 83.4 Å². The summed E-state index contributed by atoms with van der Waals surface area (Å²) in [6, 6.07) is 17.7. The number of carbonyl (C=O) groups is 2. The Morgan fingerprint density at radius 3 is 2.42 bits per heavy atom. The third-order valence-electron chi connectivity index (χ3n) is 5.30. The summed E-state index contributed by atoms with van der Waals surface area (Å²) >= 11 is 0. The Labute approximate surface area is 205 Å². The summed E-state index contributed by atoms with van der Waals surface area (Å²) in [6.45, 7) is 1.40. The van der Waals surface area contributed by atoms with Crippen molar-refractivity contribution in [2.24, 2.45) is 0 Å². The van der Waals surface area contributed by atoms with Crippen LogP contribution in [0.1, 0.15) is 29.5 Å². The number of benzene rings is 3. The lowest BCUT2D eigenvalue weighted by molar-refractivity contribution is -0.274. The molecule has 2 N–H and O–H groups in total. The molecule has 0 saturated heterocycles. The van der Waals surface area contributed by atoms with E-state index >= 15 is 0 Å². The van der Waals surface area contributed by atoms with Gasteiger partial charge in [0.05, 0.1) is 13.0 Å². The highest BCUT2D eigenvalue weighted by molar-refractivity contribution is 5.77. The van der Waals surface area contributed by atoms with Crippen LogP contribution in [0.25, 0.3) is 11.1 Å². The van der Waals surface area contributed by atoms with Gasteiger partial charge in [0.15, 0.2) is 0 Å². The first kappa shape index (κ1) is 26.4. The number of amides is 1. The Bertz CT molecular complexity index is 1230. The third-order valence-corrected chi connectivity index (χ3v) is 5.30. The van der Waals surface area contributed by atoms with Crippen molar-refractivity contribution in [2.75, 3.05) is 7.11 Å². The topological polar surface area (TPSA) is 94.1 Å². The monoisotopic (exact) mass is 503 g/mol. The smallest absolute Gasteiger partial charge is 0.496 e. The number of carboxylic acids is 1. The second-order valence-electron chi connectivity index (χ2n) is 7.84. The molecule has 1 unspecified atom stereocenters. The molecule has 0 spiro atoms. The van der Waals surface area contributed by atoms with E-state index in [1.165, 1.54) is 19.2 Å². The summed E-state index contributed by atoms with van der Waals surface area (Å²) in [6.07, 6.45) is -5.60. The predicted molar refractivity (Wildman–Crippen MR) is 125 cm³/mol. The number of alkyl halides is 3. The Balaban J connectivity index is 1.66. The van der Waals surface area contributed by atoms with Crippen molar-refractivity contribution in [3.63, 3.8) is 0 Å². The van der Waals surface area contributed by atoms with Crippen LogP contribution in [0, 0.1) is 0 Å². The molecule has 0 heterocycles. The van der Waals surface area contributed by atoms with E-state index in [0.717, 1.165) is 23.3 Å². The summed E-state index contributed by atoms with van der Waals surface area (Å²) in [4.78, 5) is 23.5. The Kier molecular flexibility index (Phi) is 8.42. The summed E-state index contributed by atoms with van der Waals surface area (Å²) < 4.78 is 51.5. The van der Waals surface area contributed by atoms with Gasteiger partial charge < -0.3 is 24.6 Å². The zero-order chi connectivity index (χ0) is 26.3. The van der Waals surface area contributed by atoms with Gasteiger partial charge >= 0.3 is 18.4 Å². The van der Waals surface area contributed by atoms with E-state index in [1.54, 1.807) is 31.2 Å². The van der Waals surface area contributed by atoms with Crippen LogP contribution < -0.4 is 14.8 Å². The van der Waals surface area contributed by atoms with Gasteiger partial charge in [-0.05, 0) is 53.4 Å². The van der Waals surface area contributed by atoms with Crippen LogP contribution in [0.3, 0.4) is 0 Å². The molecule has 190 valence electrons. The van der Waals surface area contributed by atoms with E-state index < -0.39 is 30.1 Å². The maximum absolute atomic E-state index is 12.4. The minimum atomic E-state index is -4.82. The van der Waals surface area contributed by atoms with E-state index in [9.17, 15) is 27.9 Å². The molecule has 36 heavy (non-hydrogen) atoms. The zero-order valence-electron chi connectivity index (χ0n) is 19.5. The van der Waals surface area contributed by atoms with Crippen LogP contribution in [0.4, 0.5) is 18.0 Å². The fourth-order valence-electron chi connectivity index (χ4n) is 3.43. The van der Waals surface area contributed by atoms with Crippen molar-refractivity contribution in [3.8, 4) is 22.6 Å². The molecule has 0 aliphatic rings. The van der Waals surface area contributed by atoms with E-state index in [-0.39, 0.29) is 13.2 Å². The maximum atomic E-state index is 12.4. The van der Waals surface area contributed by atoms with Crippen molar-refractivity contribution in [2.45, 2.75) is 32.4 Å². The van der Waals surface area contributed by atoms with Gasteiger partial charge in [0.25, 0.3) is 0 Å². The van der Waals surface area contributed by atoms with E-state index in [1.807, 2.05) is 18.2 Å². The van der Waals surface area contributed by atoms with Gasteiger partial charge in [-0.3, -0.25) is 4.79 Å². The first-order valence-corrected chi connectivity index (χ1v) is 10.8. The van der Waals surface area contributed by atoms with Crippen LogP contribution in [0.5, 0.6) is 11.5 Å². The molecular weight excluding hydrogens is 479 g/mol. The highest BCUT2D eigenvalue weighted by Gasteiger charge is 2.31. The normalized spacial score (nSPS) is 11.9. The van der Waals surface area contributed by atoms with Crippen molar-refractivity contribution >= 4 is 12.1 Å². The molecule has 0 aliphatic carbocycles. The van der Waals surface area contributed by atoms with Gasteiger partial charge in [-0.15, -0.1) is 13.2 Å². The number of nitrogens with one attached hydrogen (secondary N) is 1. The van der Waals surface area contributed by atoms with Gasteiger partial charge in [0, 0.05) is 12.1 Å². The molecule has 1 amide bonds. The Morgan fingerprint density at radius 2 is 1.72 bits per heavy atom. The van der Waals surface area contributed by atoms with Gasteiger partial charge in [-0.1, -0.05) is 42.5 Å². The van der Waals surface area contributed by atoms with Gasteiger partial charge in [0.2, 0.25) is 0 Å². The Hall–Kier alpha value is -4.21. The number of carbonyl (C=O) groups excluding carboxylic acids is 1. The van der Waals surface area contributed by atoms with Crippen molar-refractivity contribution in [1.29, 1.82) is 0 Å². The highest BCUT2D eigenvalue weighted by Crippen LogP contribution is 2.29. The fraction of sp³-hybridized carbons (Fsp3) is 0.231. The molecule has 3 aromatic rings. The number of hydrogen-bond donors (Lipinski definition) is 2. The van der Waals surface area contributed by atoms with Crippen LogP contribution in [-0.2, 0) is 22.7 Å². The second-order valence-corrected chi connectivity index (χ2v) is 7.84. The number of halogens is 3. The second kappa shape index (κ2) is 11.5. The maximum Gasteiger partial charge on any atom is 0.573 e. The lowest BCUT2D eigenvalue weighted by atomic mass is 9.95. The molecule has 0 fully saturated rings. The largest absolute Gasteiger partial charge is 0.573 e. The number of ether oxygens (including phenoxy) is 3. The number of rotatable bonds is 9. The molecule has 3 rings (SSSR count). The summed E-state index contributed by atoms with van der Waals surface area (Å²) in [5, 5.41) is 11.9. The standard InChI is InChI=1S/C26H24F3NO6/c1-16(24(31)32)18-6-4-7-19(12-18)20-9-10-23(34-2)21(13-20)14-30-25(33)35-15-17-5-3-8-22(11-17)36-26(27,28)29/h3-13,16H,14-15H2,1-2H3,(H,30,33)(H,31,32). The summed E-state index contributed by atoms with van der Waals surface area (Å²) in [5.41, 5.74) is 3.21. The number of methoxy groups -OCH3 is 1. The number of aliphatic carboxylic acids is 1. The van der Waals surface area contributed by atoms with E-state index in [2.05, 4.69) is 10.1 Å². The zero-order valence-corrected chi connectivity index (χ0v) is 19.5. The molecule has 0 radical (unpaired) electrons. The Morgan fingerprint density at radius 1 is 1.00 bits per heavy atom. The molecule has 0 aliphatic heterocycles. The molecule has 7 nitrogen and oxygen atoms in total. The first-order chi connectivity index (χ1) is 17.1. The van der Waals surface area contributed by atoms with E-state index in [0.29, 0.717) is 22.4 Å². The summed E-state index contributed by atoms with van der Waals surface area (Å²) in [7, 11) is 1.49. The molecule has 10 heteroatoms. The van der Waals surface area contributed by atoms with Crippen molar-refractivity contribution < 1.29 is 42.1 Å². The fourth-order valence-corrected chi connectivity index (χ4v) is 3.43. The predicted octanol–water partition coefficient (Wildman–Crippen LogP) is 5.88. The average Bonchev–Trinajstić information content (AvgIpc) is 2.84. The first-order valence-electron chi connectivity index (χ1n) is 10.8. The molecule has 3 aromatic carbocycles. The molecule has 0 saturated carbocycles. The molecule has 0 bridgehead atoms. The van der Waals surface area contributed by atoms with E-state index in [4.69, 9.17) is 9.47 Å². The average molecular weight is 503 g/mol. The van der Waals surface area contributed by atoms with Gasteiger partial charge in [-0.25, -0.2) is 4.79 Å². The SMILES string of the molecule is COc1ccc(-c2cccc(C(C)C(=O)O)c2)cc1CNC(=O)OCc1cccc(OC(F)(F)F)c1. The highest BCUT2D eigenvalue weighted by atomic mass is 19.4. The molecule has 1 atom stereocenters. The minimum Gasteiger partial charge on any atom is -0.496 e. The molecular formula is C26H24F3NO6. The van der Waals surface area contributed by atoms with Gasteiger partial charge in [-0.2, -0.15) is 0 Å². The third kappa shape index (κ3) is 7.39. The quantitative estimate of drug-likeness (QED) is 0.379.